The van der Waals surface area contributed by atoms with E-state index < -0.39 is 10.0 Å². The molecule has 5 nitrogen and oxygen atoms in total. The van der Waals surface area contributed by atoms with Crippen LogP contribution in [0.25, 0.3) is 0 Å². The van der Waals surface area contributed by atoms with E-state index in [1.54, 1.807) is 12.1 Å². The molecule has 0 bridgehead atoms. The Hall–Kier alpha value is -1.27. The second kappa shape index (κ2) is 6.01. The molecule has 20 heavy (non-hydrogen) atoms. The smallest absolute Gasteiger partial charge is 0.240 e. The summed E-state index contributed by atoms with van der Waals surface area (Å²) in [6.45, 7) is 2.80. The van der Waals surface area contributed by atoms with E-state index in [0.717, 1.165) is 19.4 Å². The fourth-order valence-electron chi connectivity index (χ4n) is 3.01. The van der Waals surface area contributed by atoms with Crippen LogP contribution in [0.4, 0.5) is 11.4 Å². The predicted octanol–water partition coefficient (Wildman–Crippen LogP) is 2.08. The van der Waals surface area contributed by atoms with Gasteiger partial charge in [0.2, 0.25) is 10.0 Å². The van der Waals surface area contributed by atoms with Crippen LogP contribution in [-0.2, 0) is 10.0 Å². The van der Waals surface area contributed by atoms with Crippen molar-refractivity contribution >= 4 is 21.4 Å². The largest absolute Gasteiger partial charge is 0.399 e. The molecule has 112 valence electrons. The summed E-state index contributed by atoms with van der Waals surface area (Å²) in [5.41, 5.74) is 6.80. The molecule has 1 aliphatic carbocycles. The Kier molecular flexibility index (Phi) is 4.55. The number of hydrogen-bond acceptors (Lipinski definition) is 4. The molecule has 1 aromatic rings. The first kappa shape index (κ1) is 15.1. The number of hydrogen-bond donors (Lipinski definition) is 2. The molecule has 1 aromatic carbocycles. The van der Waals surface area contributed by atoms with Crippen molar-refractivity contribution in [2.75, 3.05) is 17.2 Å². The van der Waals surface area contributed by atoms with Crippen LogP contribution in [0.1, 0.15) is 39.0 Å². The highest BCUT2D eigenvalue weighted by atomic mass is 32.2. The lowest BCUT2D eigenvalue weighted by atomic mass is 9.94. The minimum Gasteiger partial charge on any atom is -0.399 e. The van der Waals surface area contributed by atoms with Gasteiger partial charge in [0.05, 0.1) is 5.69 Å². The Bertz CT molecular complexity index is 566. The zero-order valence-corrected chi connectivity index (χ0v) is 12.7. The molecule has 1 aliphatic rings. The number of sulfonamides is 1. The molecular weight excluding hydrogens is 274 g/mol. The van der Waals surface area contributed by atoms with Gasteiger partial charge in [0.25, 0.3) is 0 Å². The standard InChI is InChI=1S/C14H23N3O2S/c1-2-17(12-6-4-3-5-7-12)13-9-8-11(15)10-14(13)20(16,18)19/h8-10,12H,2-7,15H2,1H3,(H2,16,18,19). The third-order valence-electron chi connectivity index (χ3n) is 3.96. The van der Waals surface area contributed by atoms with Gasteiger partial charge in [-0.15, -0.1) is 0 Å². The minimum atomic E-state index is -3.77. The van der Waals surface area contributed by atoms with Gasteiger partial charge in [0.1, 0.15) is 4.90 Å². The van der Waals surface area contributed by atoms with Crippen LogP contribution in [0.2, 0.25) is 0 Å². The third-order valence-corrected chi connectivity index (χ3v) is 4.90. The summed E-state index contributed by atoms with van der Waals surface area (Å²) in [4.78, 5) is 2.28. The number of rotatable bonds is 4. The van der Waals surface area contributed by atoms with Gasteiger partial charge in [-0.1, -0.05) is 19.3 Å². The van der Waals surface area contributed by atoms with Crippen LogP contribution in [0.15, 0.2) is 23.1 Å². The van der Waals surface area contributed by atoms with Crippen molar-refractivity contribution in [2.24, 2.45) is 5.14 Å². The lowest BCUT2D eigenvalue weighted by Gasteiger charge is -2.36. The van der Waals surface area contributed by atoms with Crippen LogP contribution in [-0.4, -0.2) is 21.0 Å². The number of nitrogen functional groups attached to an aromatic ring is 1. The van der Waals surface area contributed by atoms with Gasteiger partial charge in [0.15, 0.2) is 0 Å². The van der Waals surface area contributed by atoms with Crippen molar-refractivity contribution in [2.45, 2.75) is 50.0 Å². The molecule has 0 saturated heterocycles. The average molecular weight is 297 g/mol. The summed E-state index contributed by atoms with van der Waals surface area (Å²) in [5.74, 6) is 0. The highest BCUT2D eigenvalue weighted by Gasteiger charge is 2.25. The fourth-order valence-corrected chi connectivity index (χ4v) is 3.79. The zero-order valence-electron chi connectivity index (χ0n) is 11.9. The van der Waals surface area contributed by atoms with Crippen LogP contribution >= 0.6 is 0 Å². The lowest BCUT2D eigenvalue weighted by molar-refractivity contribution is 0.417. The first-order valence-electron chi connectivity index (χ1n) is 7.12. The van der Waals surface area contributed by atoms with Crippen molar-refractivity contribution in [1.82, 2.24) is 0 Å². The molecule has 0 amide bonds. The summed E-state index contributed by atoms with van der Waals surface area (Å²) < 4.78 is 23.6. The third kappa shape index (κ3) is 3.24. The van der Waals surface area contributed by atoms with E-state index in [-0.39, 0.29) is 4.90 Å². The molecule has 0 radical (unpaired) electrons. The van der Waals surface area contributed by atoms with Crippen molar-refractivity contribution < 1.29 is 8.42 Å². The van der Waals surface area contributed by atoms with E-state index >= 15 is 0 Å². The maximum Gasteiger partial charge on any atom is 0.240 e. The predicted molar refractivity (Wildman–Crippen MR) is 82.1 cm³/mol. The van der Waals surface area contributed by atoms with E-state index in [4.69, 9.17) is 10.9 Å². The molecule has 6 heteroatoms. The second-order valence-corrected chi connectivity index (χ2v) is 6.88. The van der Waals surface area contributed by atoms with E-state index in [2.05, 4.69) is 4.90 Å². The number of anilines is 2. The monoisotopic (exact) mass is 297 g/mol. The number of nitrogens with zero attached hydrogens (tertiary/aromatic N) is 1. The highest BCUT2D eigenvalue weighted by Crippen LogP contribution is 2.32. The van der Waals surface area contributed by atoms with Crippen LogP contribution < -0.4 is 15.8 Å². The molecule has 1 fully saturated rings. The topological polar surface area (TPSA) is 89.4 Å². The maximum atomic E-state index is 11.8. The SMILES string of the molecule is CCN(c1ccc(N)cc1S(N)(=O)=O)C1CCCCC1. The Morgan fingerprint density at radius 3 is 2.45 bits per heavy atom. The highest BCUT2D eigenvalue weighted by molar-refractivity contribution is 7.89. The zero-order chi connectivity index (χ0) is 14.8. The van der Waals surface area contributed by atoms with Crippen molar-refractivity contribution in [3.8, 4) is 0 Å². The summed E-state index contributed by atoms with van der Waals surface area (Å²) in [7, 11) is -3.77. The summed E-state index contributed by atoms with van der Waals surface area (Å²) >= 11 is 0. The van der Waals surface area contributed by atoms with Gasteiger partial charge in [-0.05, 0) is 38.0 Å². The van der Waals surface area contributed by atoms with Crippen molar-refractivity contribution in [1.29, 1.82) is 0 Å². The molecule has 1 saturated carbocycles. The quantitative estimate of drug-likeness (QED) is 0.833. The molecule has 0 spiro atoms. The first-order chi connectivity index (χ1) is 9.43. The van der Waals surface area contributed by atoms with Crippen LogP contribution in [0.5, 0.6) is 0 Å². The number of benzene rings is 1. The van der Waals surface area contributed by atoms with Gasteiger partial charge in [-0.2, -0.15) is 0 Å². The molecule has 0 aliphatic heterocycles. The van der Waals surface area contributed by atoms with E-state index in [0.29, 0.717) is 17.4 Å². The normalized spacial score (nSPS) is 17.1. The van der Waals surface area contributed by atoms with Gasteiger partial charge < -0.3 is 10.6 Å². The Morgan fingerprint density at radius 1 is 1.25 bits per heavy atom. The summed E-state index contributed by atoms with van der Waals surface area (Å²) in [5, 5.41) is 5.34. The second-order valence-electron chi connectivity index (χ2n) is 5.35. The number of primary sulfonamides is 1. The minimum absolute atomic E-state index is 0.130. The molecule has 0 aromatic heterocycles. The fraction of sp³-hybridized carbons (Fsp3) is 0.571. The first-order valence-corrected chi connectivity index (χ1v) is 8.67. The molecule has 0 heterocycles. The van der Waals surface area contributed by atoms with Crippen LogP contribution in [0.3, 0.4) is 0 Å². The Labute approximate surface area is 121 Å². The number of nitrogens with two attached hydrogens (primary N) is 2. The molecule has 0 atom stereocenters. The maximum absolute atomic E-state index is 11.8. The summed E-state index contributed by atoms with van der Waals surface area (Å²) in [6.07, 6.45) is 5.85. The summed E-state index contributed by atoms with van der Waals surface area (Å²) in [6, 6.07) is 5.34. The van der Waals surface area contributed by atoms with E-state index in [9.17, 15) is 8.42 Å². The molecule has 4 N–H and O–H groups in total. The van der Waals surface area contributed by atoms with Gasteiger partial charge in [-0.3, -0.25) is 0 Å². The van der Waals surface area contributed by atoms with Crippen molar-refractivity contribution in [3.05, 3.63) is 18.2 Å². The van der Waals surface area contributed by atoms with Gasteiger partial charge in [-0.25, -0.2) is 13.6 Å². The van der Waals surface area contributed by atoms with E-state index in [1.165, 1.54) is 25.3 Å². The Morgan fingerprint density at radius 2 is 1.90 bits per heavy atom. The lowest BCUT2D eigenvalue weighted by Crippen LogP contribution is -2.37. The molecular formula is C14H23N3O2S. The van der Waals surface area contributed by atoms with Gasteiger partial charge in [0, 0.05) is 18.3 Å². The van der Waals surface area contributed by atoms with Crippen molar-refractivity contribution in [3.63, 3.8) is 0 Å². The van der Waals surface area contributed by atoms with Gasteiger partial charge >= 0.3 is 0 Å². The Balaban J connectivity index is 2.43. The molecule has 2 rings (SSSR count). The van der Waals surface area contributed by atoms with E-state index in [1.807, 2.05) is 6.92 Å². The average Bonchev–Trinajstić information content (AvgIpc) is 2.41. The van der Waals surface area contributed by atoms with Crippen LogP contribution in [0, 0.1) is 0 Å². The molecule has 0 unspecified atom stereocenters.